The minimum Gasteiger partial charge on any atom is -0.489 e. The van der Waals surface area contributed by atoms with Gasteiger partial charge in [-0.1, -0.05) is 30.3 Å². The Balaban J connectivity index is 1.69. The highest BCUT2D eigenvalue weighted by molar-refractivity contribution is 5.95. The smallest absolute Gasteiger partial charge is 0.337 e. The van der Waals surface area contributed by atoms with E-state index in [0.717, 1.165) is 16.9 Å². The molecule has 4 heteroatoms. The molecule has 0 aromatic heterocycles. The van der Waals surface area contributed by atoms with Gasteiger partial charge in [0.05, 0.1) is 11.7 Å². The lowest BCUT2D eigenvalue weighted by molar-refractivity contribution is -0.142. The maximum atomic E-state index is 11.9. The quantitative estimate of drug-likeness (QED) is 0.780. The number of benzene rings is 2. The zero-order chi connectivity index (χ0) is 16.9. The van der Waals surface area contributed by atoms with Crippen molar-refractivity contribution < 1.29 is 19.0 Å². The summed E-state index contributed by atoms with van der Waals surface area (Å²) in [7, 11) is 0. The Morgan fingerprint density at radius 3 is 2.71 bits per heavy atom. The monoisotopic (exact) mass is 324 g/mol. The minimum atomic E-state index is -0.333. The normalized spacial score (nSPS) is 12.9. The first-order valence-corrected chi connectivity index (χ1v) is 7.97. The summed E-state index contributed by atoms with van der Waals surface area (Å²) in [6.07, 6.45) is 1.67. The van der Waals surface area contributed by atoms with Crippen molar-refractivity contribution >= 4 is 12.0 Å². The summed E-state index contributed by atoms with van der Waals surface area (Å²) in [5, 5.41) is 0. The summed E-state index contributed by atoms with van der Waals surface area (Å²) in [5.74, 6) is 1.11. The van der Waals surface area contributed by atoms with Gasteiger partial charge in [-0.2, -0.15) is 0 Å². The molecule has 0 spiro atoms. The van der Waals surface area contributed by atoms with Crippen LogP contribution in [0.4, 0.5) is 0 Å². The second-order valence-corrected chi connectivity index (χ2v) is 5.89. The Bertz CT molecular complexity index is 747. The molecule has 1 aliphatic heterocycles. The van der Waals surface area contributed by atoms with E-state index in [0.29, 0.717) is 17.9 Å². The van der Waals surface area contributed by atoms with Crippen molar-refractivity contribution in [3.05, 3.63) is 65.2 Å². The van der Waals surface area contributed by atoms with Crippen molar-refractivity contribution in [2.45, 2.75) is 26.6 Å². The van der Waals surface area contributed by atoms with Crippen molar-refractivity contribution in [1.29, 1.82) is 0 Å². The SMILES string of the molecule is CC(C)OC(=O)C1=Cc2ccc(OCc3ccccc3)cc2OC1. The Morgan fingerprint density at radius 2 is 1.96 bits per heavy atom. The lowest BCUT2D eigenvalue weighted by Crippen LogP contribution is -2.20. The number of carbonyl (C=O) groups excluding carboxylic acids is 1. The maximum Gasteiger partial charge on any atom is 0.337 e. The van der Waals surface area contributed by atoms with Crippen molar-refractivity contribution in [3.8, 4) is 11.5 Å². The molecule has 24 heavy (non-hydrogen) atoms. The molecule has 0 saturated heterocycles. The summed E-state index contributed by atoms with van der Waals surface area (Å²) >= 11 is 0. The predicted molar refractivity (Wildman–Crippen MR) is 91.9 cm³/mol. The molecule has 0 bridgehead atoms. The molecule has 2 aromatic carbocycles. The summed E-state index contributed by atoms with van der Waals surface area (Å²) in [4.78, 5) is 11.9. The Hall–Kier alpha value is -2.75. The molecule has 2 aromatic rings. The fourth-order valence-electron chi connectivity index (χ4n) is 2.38. The van der Waals surface area contributed by atoms with Crippen LogP contribution in [0, 0.1) is 0 Å². The van der Waals surface area contributed by atoms with E-state index in [2.05, 4.69) is 0 Å². The van der Waals surface area contributed by atoms with Gasteiger partial charge >= 0.3 is 5.97 Å². The third-order valence-electron chi connectivity index (χ3n) is 3.55. The van der Waals surface area contributed by atoms with Crippen molar-refractivity contribution in [1.82, 2.24) is 0 Å². The van der Waals surface area contributed by atoms with Crippen LogP contribution in [0.1, 0.15) is 25.0 Å². The number of hydrogen-bond acceptors (Lipinski definition) is 4. The van der Waals surface area contributed by atoms with Crippen LogP contribution in [-0.2, 0) is 16.1 Å². The van der Waals surface area contributed by atoms with Gasteiger partial charge in [0.2, 0.25) is 0 Å². The van der Waals surface area contributed by atoms with Gasteiger partial charge < -0.3 is 14.2 Å². The van der Waals surface area contributed by atoms with Gasteiger partial charge in [0.1, 0.15) is 24.7 Å². The van der Waals surface area contributed by atoms with Gasteiger partial charge in [0.15, 0.2) is 0 Å². The van der Waals surface area contributed by atoms with E-state index in [4.69, 9.17) is 14.2 Å². The van der Waals surface area contributed by atoms with Crippen molar-refractivity contribution in [3.63, 3.8) is 0 Å². The van der Waals surface area contributed by atoms with Crippen LogP contribution in [0.25, 0.3) is 6.08 Å². The summed E-state index contributed by atoms with van der Waals surface area (Å²) in [5.41, 5.74) is 2.48. The molecule has 0 atom stereocenters. The van der Waals surface area contributed by atoms with E-state index in [1.807, 2.05) is 68.5 Å². The molecule has 1 aliphatic rings. The standard InChI is InChI=1S/C20H20O4/c1-14(2)24-20(21)17-10-16-8-9-18(11-19(16)23-13-17)22-12-15-6-4-3-5-7-15/h3-11,14H,12-13H2,1-2H3. The zero-order valence-electron chi connectivity index (χ0n) is 13.8. The lowest BCUT2D eigenvalue weighted by Gasteiger charge is -2.19. The van der Waals surface area contributed by atoms with Crippen LogP contribution in [0.5, 0.6) is 11.5 Å². The number of fused-ring (bicyclic) bond motifs is 1. The maximum absolute atomic E-state index is 11.9. The molecule has 0 radical (unpaired) electrons. The van der Waals surface area contributed by atoms with Crippen LogP contribution in [-0.4, -0.2) is 18.7 Å². The lowest BCUT2D eigenvalue weighted by atomic mass is 10.1. The number of ether oxygens (including phenoxy) is 3. The van der Waals surface area contributed by atoms with E-state index >= 15 is 0 Å². The molecule has 0 saturated carbocycles. The fourth-order valence-corrected chi connectivity index (χ4v) is 2.38. The summed E-state index contributed by atoms with van der Waals surface area (Å²) in [6.45, 7) is 4.36. The Morgan fingerprint density at radius 1 is 1.17 bits per heavy atom. The molecule has 0 fully saturated rings. The Labute approximate surface area is 141 Å². The highest BCUT2D eigenvalue weighted by Crippen LogP contribution is 2.31. The number of hydrogen-bond donors (Lipinski definition) is 0. The molecule has 0 N–H and O–H groups in total. The van der Waals surface area contributed by atoms with Gasteiger partial charge in [-0.25, -0.2) is 4.79 Å². The molecule has 124 valence electrons. The van der Waals surface area contributed by atoms with Gasteiger partial charge in [-0.3, -0.25) is 0 Å². The number of carbonyl (C=O) groups is 1. The molecule has 0 unspecified atom stereocenters. The number of esters is 1. The van der Waals surface area contributed by atoms with E-state index in [1.54, 1.807) is 0 Å². The Kier molecular flexibility index (Phi) is 4.85. The summed E-state index contributed by atoms with van der Waals surface area (Å²) in [6, 6.07) is 15.6. The van der Waals surface area contributed by atoms with Crippen molar-refractivity contribution in [2.75, 3.05) is 6.61 Å². The second-order valence-electron chi connectivity index (χ2n) is 5.89. The first-order chi connectivity index (χ1) is 11.6. The largest absolute Gasteiger partial charge is 0.489 e. The van der Waals surface area contributed by atoms with E-state index < -0.39 is 0 Å². The van der Waals surface area contributed by atoms with E-state index in [9.17, 15) is 4.79 Å². The average molecular weight is 324 g/mol. The van der Waals surface area contributed by atoms with Gasteiger partial charge in [-0.05, 0) is 37.6 Å². The van der Waals surface area contributed by atoms with E-state index in [-0.39, 0.29) is 18.7 Å². The average Bonchev–Trinajstić information content (AvgIpc) is 2.59. The van der Waals surface area contributed by atoms with Crippen LogP contribution in [0.3, 0.4) is 0 Å². The first-order valence-electron chi connectivity index (χ1n) is 7.97. The predicted octanol–water partition coefficient (Wildman–Crippen LogP) is 3.99. The highest BCUT2D eigenvalue weighted by atomic mass is 16.5. The molecular weight excluding hydrogens is 304 g/mol. The van der Waals surface area contributed by atoms with E-state index in [1.165, 1.54) is 0 Å². The fraction of sp³-hybridized carbons (Fsp3) is 0.250. The summed E-state index contributed by atoms with van der Waals surface area (Å²) < 4.78 is 16.7. The molecule has 0 aliphatic carbocycles. The third-order valence-corrected chi connectivity index (χ3v) is 3.55. The molecule has 1 heterocycles. The minimum absolute atomic E-state index is 0.145. The topological polar surface area (TPSA) is 44.8 Å². The highest BCUT2D eigenvalue weighted by Gasteiger charge is 2.19. The van der Waals surface area contributed by atoms with Crippen LogP contribution in [0.15, 0.2) is 54.1 Å². The first kappa shape index (κ1) is 16.1. The van der Waals surface area contributed by atoms with Crippen LogP contribution >= 0.6 is 0 Å². The van der Waals surface area contributed by atoms with Crippen molar-refractivity contribution in [2.24, 2.45) is 0 Å². The van der Waals surface area contributed by atoms with Gasteiger partial charge in [0, 0.05) is 11.6 Å². The molecular formula is C20H20O4. The molecule has 4 nitrogen and oxygen atoms in total. The zero-order valence-corrected chi connectivity index (χ0v) is 13.8. The van der Waals surface area contributed by atoms with Gasteiger partial charge in [-0.15, -0.1) is 0 Å². The molecule has 3 rings (SSSR count). The number of rotatable bonds is 5. The second kappa shape index (κ2) is 7.21. The van der Waals surface area contributed by atoms with Gasteiger partial charge in [0.25, 0.3) is 0 Å². The molecule has 0 amide bonds. The van der Waals surface area contributed by atoms with Crippen LogP contribution in [0.2, 0.25) is 0 Å². The third kappa shape index (κ3) is 3.96. The van der Waals surface area contributed by atoms with Crippen LogP contribution < -0.4 is 9.47 Å².